The molecule has 0 aliphatic heterocycles. The fourth-order valence-corrected chi connectivity index (χ4v) is 2.49. The van der Waals surface area contributed by atoms with E-state index in [1.54, 1.807) is 7.11 Å². The first-order valence-electron chi connectivity index (χ1n) is 8.14. The molecule has 0 aromatic carbocycles. The minimum atomic E-state index is -0.743. The molecule has 0 bridgehead atoms. The summed E-state index contributed by atoms with van der Waals surface area (Å²) >= 11 is 0. The van der Waals surface area contributed by atoms with Crippen LogP contribution >= 0.6 is 0 Å². The quantitative estimate of drug-likeness (QED) is 0.481. The van der Waals surface area contributed by atoms with Crippen LogP contribution in [0.15, 0.2) is 0 Å². The Morgan fingerprint density at radius 3 is 1.04 bits per heavy atom. The molecule has 0 unspecified atom stereocenters. The number of hydrogen-bond acceptors (Lipinski definition) is 1. The van der Waals surface area contributed by atoms with Gasteiger partial charge in [-0.15, -0.1) is 6.42 Å². The molecule has 4 aliphatic carbocycles. The van der Waals surface area contributed by atoms with Crippen LogP contribution in [0.1, 0.15) is 0 Å². The first kappa shape index (κ1) is 27.6. The Morgan fingerprint density at radius 1 is 0.593 bits per heavy atom. The van der Waals surface area contributed by atoms with Crippen molar-refractivity contribution in [2.24, 2.45) is 0 Å². The summed E-state index contributed by atoms with van der Waals surface area (Å²) in [7, 11) is 1.64. The van der Waals surface area contributed by atoms with Crippen LogP contribution in [0.4, 0.5) is 0 Å². The van der Waals surface area contributed by atoms with E-state index < -0.39 is 5.60 Å². The van der Waals surface area contributed by atoms with E-state index in [9.17, 15) is 0 Å². The average molecular weight is 438 g/mol. The van der Waals surface area contributed by atoms with Gasteiger partial charge in [0.15, 0.2) is 0 Å². The average Bonchev–Trinajstić information content (AvgIpc) is 3.50. The first-order chi connectivity index (χ1) is 12.3. The molecule has 0 atom stereocenters. The van der Waals surface area contributed by atoms with Gasteiger partial charge < -0.3 is 4.74 Å². The molecule has 4 aliphatic rings. The van der Waals surface area contributed by atoms with Crippen molar-refractivity contribution in [2.75, 3.05) is 7.11 Å². The zero-order valence-electron chi connectivity index (χ0n) is 15.1. The molecule has 20 radical (unpaired) electrons. The van der Waals surface area contributed by atoms with Crippen molar-refractivity contribution in [1.82, 2.24) is 0 Å². The number of methoxy groups -OCH3 is 1. The number of ether oxygens (including phenoxy) is 1. The van der Waals surface area contributed by atoms with E-state index in [2.05, 4.69) is 5.92 Å². The Hall–Kier alpha value is 0.559. The van der Waals surface area contributed by atoms with E-state index in [-0.39, 0.29) is 34.1 Å². The van der Waals surface area contributed by atoms with Gasteiger partial charge in [0.25, 0.3) is 0 Å². The van der Waals surface area contributed by atoms with Gasteiger partial charge in [-0.05, 0) is 116 Å². The molecule has 4 rings (SSSR count). The molecule has 4 saturated carbocycles. The van der Waals surface area contributed by atoms with Gasteiger partial charge in [0.2, 0.25) is 0 Å². The van der Waals surface area contributed by atoms with Crippen LogP contribution in [0.25, 0.3) is 0 Å². The predicted octanol–water partition coefficient (Wildman–Crippen LogP) is 3.85. The second-order valence-electron chi connectivity index (χ2n) is 5.30. The van der Waals surface area contributed by atoms with Crippen molar-refractivity contribution in [2.45, 2.75) is 5.60 Å². The maximum Gasteiger partial charge on any atom is 0.141 e. The maximum absolute atomic E-state index is 5.63. The molecular formula is C24H22Fe2O. The summed E-state index contributed by atoms with van der Waals surface area (Å²) in [6.07, 6.45) is 41.4. The summed E-state index contributed by atoms with van der Waals surface area (Å²) in [5.41, 5.74) is -0.743. The second-order valence-corrected chi connectivity index (χ2v) is 5.30. The Bertz CT molecular complexity index is 329. The van der Waals surface area contributed by atoms with Gasteiger partial charge >= 0.3 is 0 Å². The van der Waals surface area contributed by atoms with Crippen LogP contribution in [0, 0.1) is 140 Å². The van der Waals surface area contributed by atoms with Crippen molar-refractivity contribution in [3.8, 4) is 12.3 Å². The first-order valence-corrected chi connectivity index (χ1v) is 8.14. The third-order valence-electron chi connectivity index (χ3n) is 3.76. The minimum Gasteiger partial charge on any atom is -0.364 e. The standard InChI is InChI=1S/C14H12O.2C5H5.2Fe/c1-3-14(15-2,12-8-4-5-9-12)13-10-6-7-11-13;2*1-2-4-5-3-1;;/h1,4-11H,2H3;2*1-5H;;. The van der Waals surface area contributed by atoms with Crippen molar-refractivity contribution in [3.05, 3.63) is 127 Å². The van der Waals surface area contributed by atoms with Gasteiger partial charge in [0.05, 0.1) is 0 Å². The predicted molar refractivity (Wildman–Crippen MR) is 102 cm³/mol. The van der Waals surface area contributed by atoms with Gasteiger partial charge in [-0.25, -0.2) is 0 Å². The Labute approximate surface area is 190 Å². The molecule has 0 saturated heterocycles. The molecule has 4 fully saturated rings. The molecule has 0 aromatic heterocycles. The number of terminal acetylenes is 1. The summed E-state index contributed by atoms with van der Waals surface area (Å²) in [5, 5.41) is 0. The largest absolute Gasteiger partial charge is 0.364 e. The van der Waals surface area contributed by atoms with E-state index in [4.69, 9.17) is 11.2 Å². The van der Waals surface area contributed by atoms with Crippen LogP contribution < -0.4 is 0 Å². The Balaban J connectivity index is 0.000000465. The van der Waals surface area contributed by atoms with Crippen LogP contribution in [0.5, 0.6) is 0 Å². The summed E-state index contributed by atoms with van der Waals surface area (Å²) in [5.74, 6) is 4.75. The topological polar surface area (TPSA) is 9.23 Å². The molecule has 0 N–H and O–H groups in total. The molecule has 0 spiro atoms. The fourth-order valence-electron chi connectivity index (χ4n) is 2.49. The zero-order chi connectivity index (χ0) is 17.8. The number of rotatable bonds is 3. The van der Waals surface area contributed by atoms with Crippen molar-refractivity contribution in [3.63, 3.8) is 0 Å². The molecule has 27 heavy (non-hydrogen) atoms. The molecule has 0 heterocycles. The van der Waals surface area contributed by atoms with Crippen LogP contribution in [-0.2, 0) is 38.9 Å². The Morgan fingerprint density at radius 2 is 0.852 bits per heavy atom. The molecule has 3 heteroatoms. The monoisotopic (exact) mass is 438 g/mol. The van der Waals surface area contributed by atoms with Crippen molar-refractivity contribution in [1.29, 1.82) is 0 Å². The van der Waals surface area contributed by atoms with Gasteiger partial charge in [-0.1, -0.05) is 5.92 Å². The van der Waals surface area contributed by atoms with E-state index in [1.165, 1.54) is 0 Å². The van der Waals surface area contributed by atoms with Crippen LogP contribution in [0.3, 0.4) is 0 Å². The molecular weight excluding hydrogens is 416 g/mol. The van der Waals surface area contributed by atoms with Gasteiger partial charge in [0, 0.05) is 53.1 Å². The summed E-state index contributed by atoms with van der Waals surface area (Å²) in [4.78, 5) is 0. The van der Waals surface area contributed by atoms with Crippen molar-refractivity contribution >= 4 is 0 Å². The molecule has 140 valence electrons. The summed E-state index contributed by atoms with van der Waals surface area (Å²) in [6.45, 7) is 0. The Kier molecular flexibility index (Phi) is 16.7. The normalized spacial score (nSPS) is 22.5. The third-order valence-corrected chi connectivity index (χ3v) is 3.76. The SMILES string of the molecule is C#CC(OC)([C]1[CH][CH][CH][CH]1)[C]1[CH][CH][CH][CH]1.[CH]1[CH][CH][CH][CH]1.[CH]1[CH][CH][CH][CH]1.[Fe].[Fe]. The second kappa shape index (κ2) is 16.4. The van der Waals surface area contributed by atoms with Crippen molar-refractivity contribution < 1.29 is 38.9 Å². The van der Waals surface area contributed by atoms with E-state index in [1.807, 2.05) is 116 Å². The third kappa shape index (κ3) is 8.84. The van der Waals surface area contributed by atoms with Crippen LogP contribution in [-0.4, -0.2) is 12.7 Å². The minimum absolute atomic E-state index is 0. The summed E-state index contributed by atoms with van der Waals surface area (Å²) in [6, 6.07) is 0. The summed E-state index contributed by atoms with van der Waals surface area (Å²) < 4.78 is 5.54. The number of hydrogen-bond donors (Lipinski definition) is 0. The van der Waals surface area contributed by atoms with E-state index in [0.29, 0.717) is 0 Å². The molecule has 0 amide bonds. The maximum atomic E-state index is 5.63. The van der Waals surface area contributed by atoms with Crippen LogP contribution in [0.2, 0.25) is 0 Å². The zero-order valence-corrected chi connectivity index (χ0v) is 17.3. The smallest absolute Gasteiger partial charge is 0.141 e. The van der Waals surface area contributed by atoms with Gasteiger partial charge in [-0.3, -0.25) is 0 Å². The van der Waals surface area contributed by atoms with Gasteiger partial charge in [-0.2, -0.15) is 0 Å². The molecule has 0 aromatic rings. The van der Waals surface area contributed by atoms with E-state index in [0.717, 1.165) is 11.8 Å². The fraction of sp³-hybridized carbons (Fsp3) is 0.0833. The van der Waals surface area contributed by atoms with E-state index >= 15 is 0 Å². The van der Waals surface area contributed by atoms with Gasteiger partial charge in [0.1, 0.15) is 5.60 Å². The molecule has 1 nitrogen and oxygen atoms in total.